The Hall–Kier alpha value is -2.37. The summed E-state index contributed by atoms with van der Waals surface area (Å²) in [6.45, 7) is 5.94. The third-order valence-corrected chi connectivity index (χ3v) is 2.92. The first-order valence-corrected chi connectivity index (χ1v) is 6.38. The molecule has 0 saturated carbocycles. The molecule has 6 nitrogen and oxygen atoms in total. The lowest BCUT2D eigenvalue weighted by molar-refractivity contribution is 0.130. The van der Waals surface area contributed by atoms with Gasteiger partial charge >= 0.3 is 6.09 Å². The molecule has 0 spiro atoms. The van der Waals surface area contributed by atoms with Crippen LogP contribution in [0.2, 0.25) is 0 Å². The molecule has 106 valence electrons. The molecule has 0 aromatic heterocycles. The van der Waals surface area contributed by atoms with Gasteiger partial charge in [0.15, 0.2) is 5.84 Å². The maximum Gasteiger partial charge on any atom is 0.435 e. The molecule has 1 aromatic rings. The van der Waals surface area contributed by atoms with Crippen LogP contribution in [-0.2, 0) is 4.84 Å². The van der Waals surface area contributed by atoms with E-state index in [1.807, 2.05) is 39.0 Å². The van der Waals surface area contributed by atoms with Gasteiger partial charge in [-0.2, -0.15) is 5.10 Å². The van der Waals surface area contributed by atoms with Crippen LogP contribution in [-0.4, -0.2) is 17.6 Å². The Morgan fingerprint density at radius 1 is 1.25 bits per heavy atom. The molecule has 20 heavy (non-hydrogen) atoms. The second-order valence-electron chi connectivity index (χ2n) is 5.33. The van der Waals surface area contributed by atoms with Gasteiger partial charge in [-0.1, -0.05) is 32.0 Å². The SMILES string of the molecule is CC1=NN=C(NOC(=O)Nc2ccccc2)C(C)(C)C1. The molecule has 0 saturated heterocycles. The van der Waals surface area contributed by atoms with Crippen molar-refractivity contribution in [1.29, 1.82) is 0 Å². The number of anilines is 1. The quantitative estimate of drug-likeness (QED) is 0.773. The molecule has 6 heteroatoms. The Bertz CT molecular complexity index is 550. The number of nitrogens with one attached hydrogen (secondary N) is 2. The lowest BCUT2D eigenvalue weighted by Crippen LogP contribution is -2.41. The zero-order valence-corrected chi connectivity index (χ0v) is 11.8. The number of hydrogen-bond acceptors (Lipinski definition) is 5. The first-order chi connectivity index (χ1) is 9.47. The summed E-state index contributed by atoms with van der Waals surface area (Å²) in [6, 6.07) is 9.08. The molecular formula is C14H18N4O2. The summed E-state index contributed by atoms with van der Waals surface area (Å²) < 4.78 is 0. The van der Waals surface area contributed by atoms with E-state index in [0.717, 1.165) is 12.1 Å². The van der Waals surface area contributed by atoms with Crippen molar-refractivity contribution in [3.05, 3.63) is 30.3 Å². The van der Waals surface area contributed by atoms with Gasteiger partial charge in [0.2, 0.25) is 0 Å². The Balaban J connectivity index is 1.90. The van der Waals surface area contributed by atoms with Crippen molar-refractivity contribution < 1.29 is 9.63 Å². The van der Waals surface area contributed by atoms with Crippen molar-refractivity contribution in [2.45, 2.75) is 27.2 Å². The van der Waals surface area contributed by atoms with Gasteiger partial charge in [0.25, 0.3) is 0 Å². The number of nitrogens with zero attached hydrogens (tertiary/aromatic N) is 2. The molecule has 1 heterocycles. The molecule has 0 radical (unpaired) electrons. The van der Waals surface area contributed by atoms with Gasteiger partial charge in [0.1, 0.15) is 0 Å². The summed E-state index contributed by atoms with van der Waals surface area (Å²) in [5.74, 6) is 0.534. The van der Waals surface area contributed by atoms with Crippen LogP contribution in [0, 0.1) is 5.41 Å². The molecule has 0 atom stereocenters. The number of amidine groups is 1. The molecule has 1 amide bonds. The average molecular weight is 274 g/mol. The van der Waals surface area contributed by atoms with Crippen LogP contribution in [0.5, 0.6) is 0 Å². The smallest absolute Gasteiger partial charge is 0.323 e. The van der Waals surface area contributed by atoms with E-state index in [1.165, 1.54) is 0 Å². The molecule has 0 aliphatic carbocycles. The van der Waals surface area contributed by atoms with E-state index >= 15 is 0 Å². The Morgan fingerprint density at radius 3 is 2.60 bits per heavy atom. The first-order valence-electron chi connectivity index (χ1n) is 6.38. The van der Waals surface area contributed by atoms with Crippen molar-refractivity contribution in [3.63, 3.8) is 0 Å². The Kier molecular flexibility index (Phi) is 4.02. The van der Waals surface area contributed by atoms with Crippen molar-refractivity contribution in [2.24, 2.45) is 15.6 Å². The highest BCUT2D eigenvalue weighted by Gasteiger charge is 2.30. The monoisotopic (exact) mass is 274 g/mol. The fourth-order valence-corrected chi connectivity index (χ4v) is 1.95. The minimum absolute atomic E-state index is 0.237. The third kappa shape index (κ3) is 3.57. The number of benzene rings is 1. The second kappa shape index (κ2) is 5.73. The zero-order chi connectivity index (χ0) is 14.6. The summed E-state index contributed by atoms with van der Waals surface area (Å²) >= 11 is 0. The average Bonchev–Trinajstić information content (AvgIpc) is 2.38. The predicted octanol–water partition coefficient (Wildman–Crippen LogP) is 2.94. The van der Waals surface area contributed by atoms with Gasteiger partial charge in [0, 0.05) is 16.8 Å². The molecule has 0 fully saturated rings. The normalized spacial score (nSPS) is 16.8. The van der Waals surface area contributed by atoms with E-state index in [4.69, 9.17) is 4.84 Å². The largest absolute Gasteiger partial charge is 0.435 e. The fraction of sp³-hybridized carbons (Fsp3) is 0.357. The number of hydrogen-bond donors (Lipinski definition) is 2. The summed E-state index contributed by atoms with van der Waals surface area (Å²) in [5, 5.41) is 10.6. The van der Waals surface area contributed by atoms with Gasteiger partial charge in [0.05, 0.1) is 0 Å². The topological polar surface area (TPSA) is 75.1 Å². The lowest BCUT2D eigenvalue weighted by atomic mass is 9.85. The maximum absolute atomic E-state index is 11.6. The maximum atomic E-state index is 11.6. The summed E-state index contributed by atoms with van der Waals surface area (Å²) in [5.41, 5.74) is 3.96. The summed E-state index contributed by atoms with van der Waals surface area (Å²) in [4.78, 5) is 16.6. The molecule has 0 bridgehead atoms. The lowest BCUT2D eigenvalue weighted by Gasteiger charge is -2.28. The van der Waals surface area contributed by atoms with Gasteiger partial charge in [-0.3, -0.25) is 5.32 Å². The van der Waals surface area contributed by atoms with Crippen LogP contribution < -0.4 is 10.8 Å². The summed E-state index contributed by atoms with van der Waals surface area (Å²) in [7, 11) is 0. The van der Waals surface area contributed by atoms with Crippen LogP contribution in [0.4, 0.5) is 10.5 Å². The molecule has 0 unspecified atom stereocenters. The fourth-order valence-electron chi connectivity index (χ4n) is 1.95. The highest BCUT2D eigenvalue weighted by Crippen LogP contribution is 2.25. The van der Waals surface area contributed by atoms with Crippen molar-refractivity contribution in [1.82, 2.24) is 5.48 Å². The van der Waals surface area contributed by atoms with Gasteiger partial charge in [-0.15, -0.1) is 5.10 Å². The standard InChI is InChI=1S/C14H18N4O2/c1-10-9-14(2,3)12(17-16-10)18-20-13(19)15-11-7-5-4-6-8-11/h4-8H,9H2,1-3H3,(H,15,19)(H,17,18). The van der Waals surface area contributed by atoms with Crippen LogP contribution in [0.1, 0.15) is 27.2 Å². The van der Waals surface area contributed by atoms with Crippen LogP contribution in [0.15, 0.2) is 40.5 Å². The predicted molar refractivity (Wildman–Crippen MR) is 78.6 cm³/mol. The number of hydroxylamine groups is 1. The Labute approximate surface area is 117 Å². The van der Waals surface area contributed by atoms with Gasteiger partial charge in [-0.05, 0) is 25.5 Å². The number of para-hydroxylation sites is 1. The van der Waals surface area contributed by atoms with Crippen LogP contribution in [0.25, 0.3) is 0 Å². The van der Waals surface area contributed by atoms with Crippen molar-refractivity contribution >= 4 is 23.3 Å². The van der Waals surface area contributed by atoms with Gasteiger partial charge in [-0.25, -0.2) is 10.3 Å². The highest BCUT2D eigenvalue weighted by atomic mass is 16.7. The molecule has 2 N–H and O–H groups in total. The van der Waals surface area contributed by atoms with Crippen LogP contribution >= 0.6 is 0 Å². The number of amides is 1. The van der Waals surface area contributed by atoms with E-state index in [1.54, 1.807) is 12.1 Å². The second-order valence-corrected chi connectivity index (χ2v) is 5.33. The van der Waals surface area contributed by atoms with E-state index in [2.05, 4.69) is 21.0 Å². The Morgan fingerprint density at radius 2 is 1.95 bits per heavy atom. The highest BCUT2D eigenvalue weighted by molar-refractivity contribution is 5.97. The minimum Gasteiger partial charge on any atom is -0.323 e. The van der Waals surface area contributed by atoms with E-state index in [-0.39, 0.29) is 5.41 Å². The first kappa shape index (κ1) is 14.0. The number of rotatable bonds is 1. The van der Waals surface area contributed by atoms with Crippen molar-refractivity contribution in [2.75, 3.05) is 5.32 Å². The third-order valence-electron chi connectivity index (χ3n) is 2.92. The van der Waals surface area contributed by atoms with Gasteiger partial charge < -0.3 is 4.84 Å². The molecule has 1 aromatic carbocycles. The molecular weight excluding hydrogens is 256 g/mol. The van der Waals surface area contributed by atoms with E-state index in [9.17, 15) is 4.79 Å². The molecule has 1 aliphatic rings. The molecule has 1 aliphatic heterocycles. The zero-order valence-electron chi connectivity index (χ0n) is 11.8. The number of carbonyl (C=O) groups is 1. The van der Waals surface area contributed by atoms with Crippen molar-refractivity contribution in [3.8, 4) is 0 Å². The van der Waals surface area contributed by atoms with E-state index < -0.39 is 6.09 Å². The molecule has 2 rings (SSSR count). The number of carbonyl (C=O) groups excluding carboxylic acids is 1. The van der Waals surface area contributed by atoms with Crippen LogP contribution in [0.3, 0.4) is 0 Å². The van der Waals surface area contributed by atoms with E-state index in [0.29, 0.717) is 11.5 Å². The summed E-state index contributed by atoms with van der Waals surface area (Å²) in [6.07, 6.45) is 0.170. The minimum atomic E-state index is -0.596.